The molecule has 4 nitrogen and oxygen atoms in total. The summed E-state index contributed by atoms with van der Waals surface area (Å²) in [6.45, 7) is 1.89. The number of benzene rings is 8. The topological polar surface area (TPSA) is 55.7 Å². The third kappa shape index (κ3) is 5.79. The molecule has 1 aromatic heterocycles. The lowest BCUT2D eigenvalue weighted by molar-refractivity contribution is 0.591. The van der Waals surface area contributed by atoms with Crippen molar-refractivity contribution >= 4 is 28.5 Å². The maximum absolute atomic E-state index is 14.0. The fourth-order valence-electron chi connectivity index (χ4n) is 7.90. The van der Waals surface area contributed by atoms with E-state index in [4.69, 9.17) is 15.0 Å². The zero-order chi connectivity index (χ0) is 36.9. The van der Waals surface area contributed by atoms with Crippen LogP contribution in [0.1, 0.15) is 0 Å². The van der Waals surface area contributed by atoms with Crippen LogP contribution in [0.2, 0.25) is 0 Å². The highest BCUT2D eigenvalue weighted by Crippen LogP contribution is 2.51. The van der Waals surface area contributed by atoms with Crippen molar-refractivity contribution < 1.29 is 4.57 Å². The third-order valence-corrected chi connectivity index (χ3v) is 13.3. The van der Waals surface area contributed by atoms with Gasteiger partial charge in [-0.3, -0.25) is 0 Å². The minimum absolute atomic E-state index is 0.613. The van der Waals surface area contributed by atoms with E-state index in [1.165, 1.54) is 10.8 Å². The molecule has 1 unspecified atom stereocenters. The number of aromatic nitrogens is 3. The van der Waals surface area contributed by atoms with Gasteiger partial charge in [0.2, 0.25) is 0 Å². The van der Waals surface area contributed by atoms with Crippen LogP contribution < -0.4 is 10.6 Å². The number of hydrogen-bond acceptors (Lipinski definition) is 4. The van der Waals surface area contributed by atoms with Gasteiger partial charge in [-0.05, 0) is 74.1 Å². The Morgan fingerprint density at radius 3 is 1.51 bits per heavy atom. The largest absolute Gasteiger partial charge is 0.314 e. The first-order chi connectivity index (χ1) is 27.0. The molecule has 5 heteroatoms. The second-order valence-electron chi connectivity index (χ2n) is 14.1. The van der Waals surface area contributed by atoms with Crippen LogP contribution in [0.4, 0.5) is 0 Å². The summed E-state index contributed by atoms with van der Waals surface area (Å²) in [5.74, 6) is 1.86. The summed E-state index contributed by atoms with van der Waals surface area (Å²) in [7, 11) is -2.66. The Kier molecular flexibility index (Phi) is 7.94. The smallest absolute Gasteiger partial charge is 0.164 e. The minimum Gasteiger partial charge on any atom is -0.314 e. The Morgan fingerprint density at radius 1 is 0.364 bits per heavy atom. The number of nitrogens with zero attached hydrogens (tertiary/aromatic N) is 3. The van der Waals surface area contributed by atoms with Crippen LogP contribution in [0.3, 0.4) is 0 Å². The van der Waals surface area contributed by atoms with E-state index in [9.17, 15) is 4.57 Å². The van der Waals surface area contributed by atoms with Crippen molar-refractivity contribution in [3.05, 3.63) is 188 Å². The molecule has 55 heavy (non-hydrogen) atoms. The molecule has 1 atom stereocenters. The Hall–Kier alpha value is -6.74. The van der Waals surface area contributed by atoms with Crippen molar-refractivity contribution in [3.63, 3.8) is 0 Å². The van der Waals surface area contributed by atoms with Crippen molar-refractivity contribution in [1.82, 2.24) is 15.0 Å². The van der Waals surface area contributed by atoms with E-state index in [2.05, 4.69) is 133 Å². The monoisotopic (exact) mass is 723 g/mol. The van der Waals surface area contributed by atoms with Crippen molar-refractivity contribution in [1.29, 1.82) is 0 Å². The summed E-state index contributed by atoms with van der Waals surface area (Å²) < 4.78 is 14.0. The summed E-state index contributed by atoms with van der Waals surface area (Å²) in [6, 6.07) is 64.9. The molecule has 1 aliphatic heterocycles. The molecular weight excluding hydrogens is 690 g/mol. The van der Waals surface area contributed by atoms with Gasteiger partial charge in [0.1, 0.15) is 7.14 Å². The van der Waals surface area contributed by atoms with Gasteiger partial charge < -0.3 is 4.57 Å². The lowest BCUT2D eigenvalue weighted by atomic mass is 9.88. The lowest BCUT2D eigenvalue weighted by Crippen LogP contribution is -2.07. The zero-order valence-corrected chi connectivity index (χ0v) is 31.0. The van der Waals surface area contributed by atoms with Gasteiger partial charge in [0.25, 0.3) is 0 Å². The molecule has 0 amide bonds. The highest BCUT2D eigenvalue weighted by atomic mass is 31.2. The van der Waals surface area contributed by atoms with E-state index in [1.54, 1.807) is 0 Å². The summed E-state index contributed by atoms with van der Waals surface area (Å²) in [5, 5.41) is 4.21. The van der Waals surface area contributed by atoms with E-state index in [0.29, 0.717) is 17.5 Å². The molecule has 0 spiro atoms. The maximum Gasteiger partial charge on any atom is 0.164 e. The van der Waals surface area contributed by atoms with Crippen LogP contribution in [0.25, 0.3) is 89.4 Å². The Balaban J connectivity index is 1.08. The van der Waals surface area contributed by atoms with Gasteiger partial charge in [0, 0.05) is 27.3 Å². The van der Waals surface area contributed by atoms with Gasteiger partial charge in [-0.15, -0.1) is 0 Å². The van der Waals surface area contributed by atoms with Crippen molar-refractivity contribution in [2.75, 3.05) is 6.66 Å². The molecule has 10 rings (SSSR count). The van der Waals surface area contributed by atoms with Crippen LogP contribution in [-0.2, 0) is 4.57 Å². The molecule has 0 fully saturated rings. The third-order valence-electron chi connectivity index (χ3n) is 10.7. The molecule has 0 saturated heterocycles. The average Bonchev–Trinajstić information content (AvgIpc) is 3.49. The molecule has 0 aliphatic carbocycles. The maximum atomic E-state index is 14.0. The minimum atomic E-state index is -2.66. The molecule has 2 heterocycles. The van der Waals surface area contributed by atoms with E-state index in [0.717, 1.165) is 71.8 Å². The molecular formula is C50H34N3OP. The van der Waals surface area contributed by atoms with Gasteiger partial charge in [0.15, 0.2) is 17.5 Å². The van der Waals surface area contributed by atoms with Crippen molar-refractivity contribution in [3.8, 4) is 78.7 Å². The van der Waals surface area contributed by atoms with Crippen LogP contribution in [-0.4, -0.2) is 21.6 Å². The first-order valence-corrected chi connectivity index (χ1v) is 20.6. The molecule has 0 N–H and O–H groups in total. The molecule has 1 aliphatic rings. The molecule has 0 saturated carbocycles. The molecule has 260 valence electrons. The number of fused-ring (bicyclic) bond motifs is 4. The van der Waals surface area contributed by atoms with Crippen LogP contribution in [0, 0.1) is 0 Å². The molecule has 9 aromatic rings. The van der Waals surface area contributed by atoms with Crippen LogP contribution in [0.5, 0.6) is 0 Å². The fourth-order valence-corrected chi connectivity index (χ4v) is 10.2. The Morgan fingerprint density at radius 2 is 0.836 bits per heavy atom. The highest BCUT2D eigenvalue weighted by molar-refractivity contribution is 7.79. The van der Waals surface area contributed by atoms with Crippen molar-refractivity contribution in [2.24, 2.45) is 0 Å². The normalized spacial score (nSPS) is 14.4. The van der Waals surface area contributed by atoms with Gasteiger partial charge in [-0.2, -0.15) is 0 Å². The van der Waals surface area contributed by atoms with E-state index in [-0.39, 0.29) is 0 Å². The standard InChI is InChI=1S/C50H34N3OP/c1-55(54)45-19-11-10-18-43(45)44-32-40(29-31-46(44)55)42-30-28-35-14-8-9-17-41(35)47(42)36-22-26-39(27-23-36)50-52-48(37-15-6-3-7-16-37)51-49(53-50)38-24-20-34(21-25-38)33-12-4-2-5-13-33/h2-32H,1H3. The quantitative estimate of drug-likeness (QED) is 0.160. The summed E-state index contributed by atoms with van der Waals surface area (Å²) in [4.78, 5) is 15.0. The lowest BCUT2D eigenvalue weighted by Gasteiger charge is -2.16. The van der Waals surface area contributed by atoms with Crippen molar-refractivity contribution in [2.45, 2.75) is 0 Å². The Labute approximate surface area is 320 Å². The van der Waals surface area contributed by atoms with Crippen LogP contribution >= 0.6 is 7.14 Å². The Bertz CT molecular complexity index is 2940. The SMILES string of the molecule is CP1(=O)c2ccccc2-c2cc(-c3ccc4ccccc4c3-c3ccc(-c4nc(-c5ccccc5)nc(-c5ccc(-c6ccccc6)cc5)n4)cc3)ccc21. The number of hydrogen-bond donors (Lipinski definition) is 0. The first-order valence-electron chi connectivity index (χ1n) is 18.4. The highest BCUT2D eigenvalue weighted by Gasteiger charge is 2.34. The predicted octanol–water partition coefficient (Wildman–Crippen LogP) is 12.0. The summed E-state index contributed by atoms with van der Waals surface area (Å²) >= 11 is 0. The molecule has 0 radical (unpaired) electrons. The predicted molar refractivity (Wildman–Crippen MR) is 228 cm³/mol. The second-order valence-corrected chi connectivity index (χ2v) is 16.9. The van der Waals surface area contributed by atoms with Gasteiger partial charge in [-0.1, -0.05) is 176 Å². The summed E-state index contributed by atoms with van der Waals surface area (Å²) in [5.41, 5.74) is 11.6. The van der Waals surface area contributed by atoms with Gasteiger partial charge >= 0.3 is 0 Å². The summed E-state index contributed by atoms with van der Waals surface area (Å²) in [6.07, 6.45) is 0. The van der Waals surface area contributed by atoms with E-state index >= 15 is 0 Å². The average molecular weight is 724 g/mol. The molecule has 0 bridgehead atoms. The van der Waals surface area contributed by atoms with Crippen LogP contribution in [0.15, 0.2) is 188 Å². The number of rotatable bonds is 6. The zero-order valence-electron chi connectivity index (χ0n) is 30.1. The van der Waals surface area contributed by atoms with E-state index < -0.39 is 7.14 Å². The van der Waals surface area contributed by atoms with Gasteiger partial charge in [0.05, 0.1) is 0 Å². The molecule has 8 aromatic carbocycles. The van der Waals surface area contributed by atoms with Gasteiger partial charge in [-0.25, -0.2) is 15.0 Å². The fraction of sp³-hybridized carbons (Fsp3) is 0.0200. The second kappa shape index (κ2) is 13.3. The van der Waals surface area contributed by atoms with E-state index in [1.807, 2.05) is 61.3 Å². The first kappa shape index (κ1) is 32.9.